The van der Waals surface area contributed by atoms with Gasteiger partial charge in [-0.2, -0.15) is 0 Å². The summed E-state index contributed by atoms with van der Waals surface area (Å²) in [6.45, 7) is 6.43. The molecule has 1 aromatic heterocycles. The van der Waals surface area contributed by atoms with E-state index in [1.165, 1.54) is 5.56 Å². The molecule has 3 aromatic rings. The van der Waals surface area contributed by atoms with Crippen molar-refractivity contribution in [3.05, 3.63) is 83.2 Å². The number of carbonyl (C=O) groups excluding carboxylic acids is 2. The van der Waals surface area contributed by atoms with Gasteiger partial charge < -0.3 is 19.1 Å². The quantitative estimate of drug-likeness (QED) is 0.363. The monoisotopic (exact) mass is 584 g/mol. The van der Waals surface area contributed by atoms with Crippen LogP contribution in [0, 0.1) is 6.92 Å². The van der Waals surface area contributed by atoms with E-state index in [0.29, 0.717) is 38.3 Å². The summed E-state index contributed by atoms with van der Waals surface area (Å²) in [6, 6.07) is 17.8. The molecular weight excluding hydrogens is 544 g/mol. The zero-order valence-electron chi connectivity index (χ0n) is 25.0. The molecule has 0 radical (unpaired) electrons. The molecule has 2 saturated heterocycles. The number of cyclic esters (lactones) is 1. The number of methoxy groups -OCH3 is 1. The Morgan fingerprint density at radius 1 is 0.977 bits per heavy atom. The highest BCUT2D eigenvalue weighted by Crippen LogP contribution is 2.33. The molecule has 2 fully saturated rings. The average Bonchev–Trinajstić information content (AvgIpc) is 3.04. The lowest BCUT2D eigenvalue weighted by Crippen LogP contribution is -2.50. The molecule has 0 unspecified atom stereocenters. The molecule has 3 aliphatic heterocycles. The van der Waals surface area contributed by atoms with Gasteiger partial charge in [-0.05, 0) is 56.4 Å². The largest absolute Gasteiger partial charge is 0.496 e. The number of hydrogen-bond donors (Lipinski definition) is 0. The summed E-state index contributed by atoms with van der Waals surface area (Å²) in [5.41, 5.74) is 5.14. The van der Waals surface area contributed by atoms with Gasteiger partial charge in [-0.3, -0.25) is 19.6 Å². The predicted octanol–water partition coefficient (Wildman–Crippen LogP) is 5.13. The number of carbonyl (C=O) groups is 2. The summed E-state index contributed by atoms with van der Waals surface area (Å²) >= 11 is 0. The number of hydrogen-bond acceptors (Lipinski definition) is 7. The number of amides is 2. The van der Waals surface area contributed by atoms with Gasteiger partial charge in [0.05, 0.1) is 19.2 Å². The smallest absolute Gasteiger partial charge is 0.414 e. The maximum absolute atomic E-state index is 13.3. The summed E-state index contributed by atoms with van der Waals surface area (Å²) in [5.74, 6) is 1.49. The maximum Gasteiger partial charge on any atom is 0.414 e. The molecule has 0 atom stereocenters. The number of benzene rings is 2. The Morgan fingerprint density at radius 3 is 2.53 bits per heavy atom. The van der Waals surface area contributed by atoms with Gasteiger partial charge in [0, 0.05) is 67.8 Å². The van der Waals surface area contributed by atoms with E-state index in [1.807, 2.05) is 59.6 Å². The minimum atomic E-state index is -0.305. The van der Waals surface area contributed by atoms with Gasteiger partial charge in [0.25, 0.3) is 0 Å². The number of nitrogens with zero attached hydrogens (tertiary/aromatic N) is 4. The maximum atomic E-state index is 13.3. The Balaban J connectivity index is 1.00. The lowest BCUT2D eigenvalue weighted by Gasteiger charge is -2.40. The molecule has 226 valence electrons. The fourth-order valence-electron chi connectivity index (χ4n) is 6.42. The number of para-hydroxylation sites is 1. The Hall–Kier alpha value is -4.11. The summed E-state index contributed by atoms with van der Waals surface area (Å²) < 4.78 is 17.4. The number of pyridine rings is 1. The average molecular weight is 585 g/mol. The zero-order valence-corrected chi connectivity index (χ0v) is 25.0. The number of aromatic nitrogens is 1. The molecule has 0 aliphatic carbocycles. The van der Waals surface area contributed by atoms with Gasteiger partial charge in [0.15, 0.2) is 0 Å². The highest BCUT2D eigenvalue weighted by Gasteiger charge is 2.35. The fraction of sp³-hybridized carbons (Fsp3) is 0.441. The number of anilines is 1. The van der Waals surface area contributed by atoms with Crippen molar-refractivity contribution in [1.29, 1.82) is 0 Å². The van der Waals surface area contributed by atoms with Crippen LogP contribution < -0.4 is 14.4 Å². The molecule has 0 spiro atoms. The highest BCUT2D eigenvalue weighted by atomic mass is 16.6. The molecule has 0 bridgehead atoms. The van der Waals surface area contributed by atoms with Crippen LogP contribution in [0.4, 0.5) is 10.5 Å². The van der Waals surface area contributed by atoms with Gasteiger partial charge in [-0.15, -0.1) is 0 Å². The highest BCUT2D eigenvalue weighted by molar-refractivity contribution is 5.91. The van der Waals surface area contributed by atoms with Crippen LogP contribution in [0.1, 0.15) is 48.1 Å². The van der Waals surface area contributed by atoms with Crippen LogP contribution in [0.3, 0.4) is 0 Å². The number of ether oxygens (including phenoxy) is 3. The first-order valence-electron chi connectivity index (χ1n) is 15.3. The van der Waals surface area contributed by atoms with Gasteiger partial charge in [-0.1, -0.05) is 30.3 Å². The normalized spacial score (nSPS) is 18.2. The first kappa shape index (κ1) is 29.0. The lowest BCUT2D eigenvalue weighted by atomic mass is 10.00. The van der Waals surface area contributed by atoms with E-state index in [2.05, 4.69) is 22.9 Å². The van der Waals surface area contributed by atoms with Crippen molar-refractivity contribution in [3.63, 3.8) is 0 Å². The standard InChI is InChI=1S/C34H40N4O5/c1-24-26(7-5-15-35-24)22-36-16-13-29(14-17-36)43-30-10-9-25(32(21-30)41-2)20-33(39)37-18-11-28(12-19-37)38-31-8-4-3-6-27(31)23-42-34(38)40/h3-10,15,21,28-29H,11-14,16-20,22-23H2,1-2H3. The van der Waals surface area contributed by atoms with Gasteiger partial charge >= 0.3 is 6.09 Å². The number of rotatable bonds is 8. The summed E-state index contributed by atoms with van der Waals surface area (Å²) in [4.78, 5) is 36.4. The Bertz CT molecular complexity index is 1450. The van der Waals surface area contributed by atoms with Crippen molar-refractivity contribution >= 4 is 17.7 Å². The molecule has 43 heavy (non-hydrogen) atoms. The van der Waals surface area contributed by atoms with Crippen molar-refractivity contribution < 1.29 is 23.8 Å². The Labute approximate surface area is 253 Å². The third kappa shape index (κ3) is 6.62. The summed E-state index contributed by atoms with van der Waals surface area (Å²) in [7, 11) is 1.63. The zero-order chi connectivity index (χ0) is 29.8. The molecule has 2 amide bonds. The van der Waals surface area contributed by atoms with Crippen molar-refractivity contribution in [2.75, 3.05) is 38.2 Å². The van der Waals surface area contributed by atoms with Crippen LogP contribution in [0.15, 0.2) is 60.8 Å². The lowest BCUT2D eigenvalue weighted by molar-refractivity contribution is -0.131. The van der Waals surface area contributed by atoms with Crippen molar-refractivity contribution in [3.8, 4) is 11.5 Å². The Morgan fingerprint density at radius 2 is 1.77 bits per heavy atom. The summed E-state index contributed by atoms with van der Waals surface area (Å²) in [5, 5.41) is 0. The van der Waals surface area contributed by atoms with E-state index in [0.717, 1.165) is 60.7 Å². The van der Waals surface area contributed by atoms with Crippen LogP contribution >= 0.6 is 0 Å². The number of likely N-dealkylation sites (tertiary alicyclic amines) is 2. The van der Waals surface area contributed by atoms with Crippen LogP contribution in [0.2, 0.25) is 0 Å². The predicted molar refractivity (Wildman–Crippen MR) is 163 cm³/mol. The second kappa shape index (κ2) is 13.0. The molecule has 9 heteroatoms. The molecule has 6 rings (SSSR count). The fourth-order valence-corrected chi connectivity index (χ4v) is 6.42. The number of aryl methyl sites for hydroxylation is 1. The van der Waals surface area contributed by atoms with E-state index in [9.17, 15) is 9.59 Å². The molecule has 0 saturated carbocycles. The number of fused-ring (bicyclic) bond motifs is 1. The van der Waals surface area contributed by atoms with Crippen LogP contribution in [-0.2, 0) is 29.1 Å². The van der Waals surface area contributed by atoms with Gasteiger partial charge in [0.1, 0.15) is 24.2 Å². The third-order valence-electron chi connectivity index (χ3n) is 8.93. The van der Waals surface area contributed by atoms with E-state index >= 15 is 0 Å². The second-order valence-electron chi connectivity index (χ2n) is 11.7. The van der Waals surface area contributed by atoms with Gasteiger partial charge in [-0.25, -0.2) is 4.79 Å². The van der Waals surface area contributed by atoms with Crippen LogP contribution in [0.5, 0.6) is 11.5 Å². The van der Waals surface area contributed by atoms with Crippen molar-refractivity contribution in [2.45, 2.75) is 64.3 Å². The number of piperidine rings is 2. The van der Waals surface area contributed by atoms with Crippen LogP contribution in [0.25, 0.3) is 0 Å². The second-order valence-corrected chi connectivity index (χ2v) is 11.7. The molecule has 0 N–H and O–H groups in total. The topological polar surface area (TPSA) is 84.4 Å². The minimum Gasteiger partial charge on any atom is -0.496 e. The van der Waals surface area contributed by atoms with E-state index in [-0.39, 0.29) is 30.6 Å². The van der Waals surface area contributed by atoms with E-state index in [1.54, 1.807) is 12.0 Å². The van der Waals surface area contributed by atoms with E-state index in [4.69, 9.17) is 14.2 Å². The first-order chi connectivity index (χ1) is 21.0. The molecule has 2 aromatic carbocycles. The third-order valence-corrected chi connectivity index (χ3v) is 8.93. The van der Waals surface area contributed by atoms with Crippen LogP contribution in [-0.4, -0.2) is 72.2 Å². The SMILES string of the molecule is COc1cc(OC2CCN(Cc3cccnc3C)CC2)ccc1CC(=O)N1CCC(N2C(=O)OCc3ccccc32)CC1. The minimum absolute atomic E-state index is 0.00954. The van der Waals surface area contributed by atoms with Crippen molar-refractivity contribution in [1.82, 2.24) is 14.8 Å². The molecule has 3 aliphatic rings. The van der Waals surface area contributed by atoms with E-state index < -0.39 is 0 Å². The molecular formula is C34H40N4O5. The Kier molecular flexibility index (Phi) is 8.79. The van der Waals surface area contributed by atoms with Gasteiger partial charge in [0.2, 0.25) is 5.91 Å². The summed E-state index contributed by atoms with van der Waals surface area (Å²) in [6.07, 6.45) is 5.27. The van der Waals surface area contributed by atoms with Crippen molar-refractivity contribution in [2.24, 2.45) is 0 Å². The molecule has 9 nitrogen and oxygen atoms in total. The molecule has 4 heterocycles. The first-order valence-corrected chi connectivity index (χ1v) is 15.3.